The van der Waals surface area contributed by atoms with Gasteiger partial charge in [-0.3, -0.25) is 0 Å². The van der Waals surface area contributed by atoms with Crippen LogP contribution in [0.15, 0.2) is 24.3 Å². The molecule has 0 atom stereocenters. The van der Waals surface area contributed by atoms with E-state index in [1.807, 2.05) is 12.1 Å². The van der Waals surface area contributed by atoms with Crippen LogP contribution >= 0.6 is 0 Å². The summed E-state index contributed by atoms with van der Waals surface area (Å²) in [5.74, 6) is 1.95. The minimum absolute atomic E-state index is 0.770. The monoisotopic (exact) mass is 283 g/mol. The maximum atomic E-state index is 8.81. The minimum Gasteiger partial charge on any atom is -0.192 e. The lowest BCUT2D eigenvalue weighted by molar-refractivity contribution is 0.249. The first-order chi connectivity index (χ1) is 10.3. The number of hydrogen-bond donors (Lipinski definition) is 0. The number of rotatable bonds is 7. The normalized spacial score (nSPS) is 21.9. The van der Waals surface area contributed by atoms with Crippen LogP contribution in [0, 0.1) is 23.2 Å². The van der Waals surface area contributed by atoms with Crippen molar-refractivity contribution in [2.45, 2.75) is 71.1 Å². The Hall–Kier alpha value is -1.29. The Balaban J connectivity index is 1.65. The molecular weight excluding hydrogens is 254 g/mol. The third kappa shape index (κ3) is 5.54. The molecule has 0 unspecified atom stereocenters. The van der Waals surface area contributed by atoms with Gasteiger partial charge in [0.05, 0.1) is 11.6 Å². The van der Waals surface area contributed by atoms with E-state index in [1.165, 1.54) is 69.8 Å². The SMILES string of the molecule is CCCCCC1CCC(CCc2ccc(C#N)cc2)CC1. The lowest BCUT2D eigenvalue weighted by Gasteiger charge is -2.28. The maximum absolute atomic E-state index is 8.81. The van der Waals surface area contributed by atoms with Crippen LogP contribution in [0.5, 0.6) is 0 Å². The Morgan fingerprint density at radius 1 is 0.952 bits per heavy atom. The first kappa shape index (κ1) is 16.1. The van der Waals surface area contributed by atoms with Crippen LogP contribution in [0.4, 0.5) is 0 Å². The zero-order valence-corrected chi connectivity index (χ0v) is 13.5. The van der Waals surface area contributed by atoms with Crippen LogP contribution in [0.1, 0.15) is 75.8 Å². The molecule has 0 heterocycles. The predicted molar refractivity (Wildman–Crippen MR) is 89.1 cm³/mol. The summed E-state index contributed by atoms with van der Waals surface area (Å²) in [5, 5.41) is 8.81. The molecule has 1 aromatic rings. The molecular formula is C20H29N. The fourth-order valence-corrected chi connectivity index (χ4v) is 3.61. The Kier molecular flexibility index (Phi) is 6.80. The van der Waals surface area contributed by atoms with Crippen LogP contribution in [-0.2, 0) is 6.42 Å². The van der Waals surface area contributed by atoms with E-state index >= 15 is 0 Å². The zero-order valence-electron chi connectivity index (χ0n) is 13.5. The number of aryl methyl sites for hydroxylation is 1. The van der Waals surface area contributed by atoms with E-state index in [0.717, 1.165) is 17.4 Å². The lowest BCUT2D eigenvalue weighted by Crippen LogP contribution is -2.15. The second kappa shape index (κ2) is 8.88. The molecule has 1 heteroatoms. The molecule has 114 valence electrons. The van der Waals surface area contributed by atoms with Gasteiger partial charge in [-0.05, 0) is 42.4 Å². The van der Waals surface area contributed by atoms with E-state index in [1.54, 1.807) is 0 Å². The Morgan fingerprint density at radius 2 is 1.57 bits per heavy atom. The molecule has 0 aromatic heterocycles. The summed E-state index contributed by atoms with van der Waals surface area (Å²) >= 11 is 0. The maximum Gasteiger partial charge on any atom is 0.0991 e. The molecule has 1 saturated carbocycles. The van der Waals surface area contributed by atoms with Crippen molar-refractivity contribution in [3.63, 3.8) is 0 Å². The van der Waals surface area contributed by atoms with Crippen LogP contribution < -0.4 is 0 Å². The third-order valence-electron chi connectivity index (χ3n) is 5.11. The van der Waals surface area contributed by atoms with Crippen molar-refractivity contribution in [3.05, 3.63) is 35.4 Å². The molecule has 1 aromatic carbocycles. The average molecular weight is 283 g/mol. The van der Waals surface area contributed by atoms with Gasteiger partial charge in [-0.25, -0.2) is 0 Å². The minimum atomic E-state index is 0.770. The van der Waals surface area contributed by atoms with Gasteiger partial charge in [-0.1, -0.05) is 70.4 Å². The Bertz CT molecular complexity index is 432. The molecule has 1 fully saturated rings. The van der Waals surface area contributed by atoms with Crippen molar-refractivity contribution in [1.29, 1.82) is 5.26 Å². The number of benzene rings is 1. The molecule has 2 rings (SSSR count). The highest BCUT2D eigenvalue weighted by Gasteiger charge is 2.20. The summed E-state index contributed by atoms with van der Waals surface area (Å²) in [6, 6.07) is 10.3. The van der Waals surface area contributed by atoms with Crippen molar-refractivity contribution < 1.29 is 0 Å². The van der Waals surface area contributed by atoms with E-state index in [-0.39, 0.29) is 0 Å². The number of unbranched alkanes of at least 4 members (excludes halogenated alkanes) is 2. The van der Waals surface area contributed by atoms with Gasteiger partial charge in [0.2, 0.25) is 0 Å². The van der Waals surface area contributed by atoms with Crippen LogP contribution in [0.3, 0.4) is 0 Å². The first-order valence-corrected chi connectivity index (χ1v) is 8.81. The molecule has 0 amide bonds. The van der Waals surface area contributed by atoms with Crippen molar-refractivity contribution in [2.75, 3.05) is 0 Å². The van der Waals surface area contributed by atoms with Gasteiger partial charge in [-0.15, -0.1) is 0 Å². The van der Waals surface area contributed by atoms with E-state index in [4.69, 9.17) is 5.26 Å². The fourth-order valence-electron chi connectivity index (χ4n) is 3.61. The highest BCUT2D eigenvalue weighted by Crippen LogP contribution is 2.34. The van der Waals surface area contributed by atoms with E-state index < -0.39 is 0 Å². The molecule has 1 nitrogen and oxygen atoms in total. The summed E-state index contributed by atoms with van der Waals surface area (Å²) in [4.78, 5) is 0. The Morgan fingerprint density at radius 3 is 2.14 bits per heavy atom. The molecule has 0 radical (unpaired) electrons. The van der Waals surface area contributed by atoms with Gasteiger partial charge in [0.1, 0.15) is 0 Å². The first-order valence-electron chi connectivity index (χ1n) is 8.81. The second-order valence-corrected chi connectivity index (χ2v) is 6.73. The molecule has 0 N–H and O–H groups in total. The number of nitriles is 1. The summed E-state index contributed by atoms with van der Waals surface area (Å²) in [7, 11) is 0. The molecule has 21 heavy (non-hydrogen) atoms. The largest absolute Gasteiger partial charge is 0.192 e. The van der Waals surface area contributed by atoms with Gasteiger partial charge in [0, 0.05) is 0 Å². The summed E-state index contributed by atoms with van der Waals surface area (Å²) in [5.41, 5.74) is 2.16. The van der Waals surface area contributed by atoms with Gasteiger partial charge < -0.3 is 0 Å². The molecule has 1 aliphatic carbocycles. The second-order valence-electron chi connectivity index (χ2n) is 6.73. The highest BCUT2D eigenvalue weighted by atomic mass is 14.3. The summed E-state index contributed by atoms with van der Waals surface area (Å²) in [6.07, 6.45) is 14.0. The van der Waals surface area contributed by atoms with E-state index in [0.29, 0.717) is 0 Å². The molecule has 1 aliphatic rings. The average Bonchev–Trinajstić information content (AvgIpc) is 2.55. The fraction of sp³-hybridized carbons (Fsp3) is 0.650. The van der Waals surface area contributed by atoms with Crippen molar-refractivity contribution in [3.8, 4) is 6.07 Å². The van der Waals surface area contributed by atoms with Crippen molar-refractivity contribution >= 4 is 0 Å². The third-order valence-corrected chi connectivity index (χ3v) is 5.11. The van der Waals surface area contributed by atoms with Crippen molar-refractivity contribution in [1.82, 2.24) is 0 Å². The van der Waals surface area contributed by atoms with Gasteiger partial charge >= 0.3 is 0 Å². The summed E-state index contributed by atoms with van der Waals surface area (Å²) in [6.45, 7) is 2.29. The molecule has 0 bridgehead atoms. The smallest absolute Gasteiger partial charge is 0.0991 e. The lowest BCUT2D eigenvalue weighted by atomic mass is 9.78. The molecule has 0 aliphatic heterocycles. The van der Waals surface area contributed by atoms with Crippen LogP contribution in [0.2, 0.25) is 0 Å². The van der Waals surface area contributed by atoms with Crippen LogP contribution in [-0.4, -0.2) is 0 Å². The molecule has 0 saturated heterocycles. The standard InChI is InChI=1S/C20H29N/c1-2-3-4-5-17-6-8-18(9-7-17)10-11-19-12-14-20(16-21)15-13-19/h12-15,17-18H,2-11H2,1H3. The van der Waals surface area contributed by atoms with E-state index in [9.17, 15) is 0 Å². The highest BCUT2D eigenvalue weighted by molar-refractivity contribution is 5.31. The van der Waals surface area contributed by atoms with Gasteiger partial charge in [0.15, 0.2) is 0 Å². The van der Waals surface area contributed by atoms with Gasteiger partial charge in [0.25, 0.3) is 0 Å². The predicted octanol–water partition coefficient (Wildman–Crippen LogP) is 5.88. The van der Waals surface area contributed by atoms with E-state index in [2.05, 4.69) is 25.1 Å². The summed E-state index contributed by atoms with van der Waals surface area (Å²) < 4.78 is 0. The number of nitrogens with zero attached hydrogens (tertiary/aromatic N) is 1. The Labute approximate surface area is 130 Å². The number of hydrogen-bond acceptors (Lipinski definition) is 1. The zero-order chi connectivity index (χ0) is 14.9. The van der Waals surface area contributed by atoms with Crippen LogP contribution in [0.25, 0.3) is 0 Å². The molecule has 0 spiro atoms. The van der Waals surface area contributed by atoms with Gasteiger partial charge in [-0.2, -0.15) is 5.26 Å². The van der Waals surface area contributed by atoms with Crippen molar-refractivity contribution in [2.24, 2.45) is 11.8 Å². The quantitative estimate of drug-likeness (QED) is 0.573. The topological polar surface area (TPSA) is 23.8 Å².